The molecule has 1 spiro atoms. The summed E-state index contributed by atoms with van der Waals surface area (Å²) in [6.45, 7) is 5.92. The number of hydrogen-bond acceptors (Lipinski definition) is 3. The molecule has 0 unspecified atom stereocenters. The predicted octanol–water partition coefficient (Wildman–Crippen LogP) is 1.61. The van der Waals surface area contributed by atoms with Crippen LogP contribution >= 0.6 is 0 Å². The van der Waals surface area contributed by atoms with E-state index in [0.717, 1.165) is 44.7 Å². The molecule has 2 aliphatic heterocycles. The van der Waals surface area contributed by atoms with Crippen LogP contribution < -0.4 is 5.32 Å². The highest BCUT2D eigenvalue weighted by atomic mass is 16.2. The quantitative estimate of drug-likeness (QED) is 0.833. The third kappa shape index (κ3) is 2.50. The SMILES string of the molecule is Cc1cccc(C(=O)N2CCC3(CCNC3)CC2)n1. The van der Waals surface area contributed by atoms with Crippen molar-refractivity contribution >= 4 is 5.91 Å². The van der Waals surface area contributed by atoms with Gasteiger partial charge in [0.05, 0.1) is 0 Å². The van der Waals surface area contributed by atoms with Crippen LogP contribution in [-0.2, 0) is 0 Å². The van der Waals surface area contributed by atoms with Crippen molar-refractivity contribution in [2.24, 2.45) is 5.41 Å². The third-order valence-electron chi connectivity index (χ3n) is 4.55. The summed E-state index contributed by atoms with van der Waals surface area (Å²) in [5, 5.41) is 3.45. The first-order valence-electron chi connectivity index (χ1n) is 7.12. The molecular formula is C15H21N3O. The number of amides is 1. The second kappa shape index (κ2) is 4.93. The molecule has 1 aromatic rings. The van der Waals surface area contributed by atoms with E-state index in [-0.39, 0.29) is 5.91 Å². The Morgan fingerprint density at radius 2 is 2.11 bits per heavy atom. The number of nitrogens with zero attached hydrogens (tertiary/aromatic N) is 2. The van der Waals surface area contributed by atoms with E-state index in [4.69, 9.17) is 0 Å². The van der Waals surface area contributed by atoms with E-state index in [2.05, 4.69) is 10.3 Å². The average molecular weight is 259 g/mol. The van der Waals surface area contributed by atoms with Crippen LogP contribution in [0, 0.1) is 12.3 Å². The Bertz CT molecular complexity index is 470. The maximum absolute atomic E-state index is 12.4. The van der Waals surface area contributed by atoms with Crippen molar-refractivity contribution in [1.82, 2.24) is 15.2 Å². The smallest absolute Gasteiger partial charge is 0.272 e. The van der Waals surface area contributed by atoms with Gasteiger partial charge in [-0.2, -0.15) is 0 Å². The number of likely N-dealkylation sites (tertiary alicyclic amines) is 1. The Kier molecular flexibility index (Phi) is 3.27. The van der Waals surface area contributed by atoms with Crippen LogP contribution in [0.3, 0.4) is 0 Å². The number of rotatable bonds is 1. The van der Waals surface area contributed by atoms with Gasteiger partial charge in [-0.3, -0.25) is 4.79 Å². The molecule has 0 saturated carbocycles. The minimum atomic E-state index is 0.0875. The fourth-order valence-electron chi connectivity index (χ4n) is 3.23. The van der Waals surface area contributed by atoms with Gasteiger partial charge in [0.25, 0.3) is 5.91 Å². The third-order valence-corrected chi connectivity index (χ3v) is 4.55. The molecule has 0 bridgehead atoms. The number of carbonyl (C=O) groups is 1. The van der Waals surface area contributed by atoms with Crippen LogP contribution in [-0.4, -0.2) is 42.0 Å². The van der Waals surface area contributed by atoms with Crippen LogP contribution in [0.1, 0.15) is 35.4 Å². The largest absolute Gasteiger partial charge is 0.337 e. The topological polar surface area (TPSA) is 45.2 Å². The molecule has 3 heterocycles. The van der Waals surface area contributed by atoms with Gasteiger partial charge in [-0.1, -0.05) is 6.07 Å². The summed E-state index contributed by atoms with van der Waals surface area (Å²) in [5.41, 5.74) is 1.94. The number of hydrogen-bond donors (Lipinski definition) is 1. The van der Waals surface area contributed by atoms with Crippen LogP contribution in [0.2, 0.25) is 0 Å². The van der Waals surface area contributed by atoms with Gasteiger partial charge in [0.1, 0.15) is 5.69 Å². The summed E-state index contributed by atoms with van der Waals surface area (Å²) in [4.78, 5) is 18.7. The van der Waals surface area contributed by atoms with Crippen LogP contribution in [0.25, 0.3) is 0 Å². The molecular weight excluding hydrogens is 238 g/mol. The molecule has 102 valence electrons. The second-order valence-corrected chi connectivity index (χ2v) is 5.88. The summed E-state index contributed by atoms with van der Waals surface area (Å²) < 4.78 is 0. The van der Waals surface area contributed by atoms with Crippen molar-refractivity contribution in [2.45, 2.75) is 26.2 Å². The monoisotopic (exact) mass is 259 g/mol. The Labute approximate surface area is 114 Å². The van der Waals surface area contributed by atoms with E-state index >= 15 is 0 Å². The Morgan fingerprint density at radius 3 is 2.74 bits per heavy atom. The molecule has 19 heavy (non-hydrogen) atoms. The molecule has 3 rings (SSSR count). The molecule has 2 fully saturated rings. The summed E-state index contributed by atoms with van der Waals surface area (Å²) in [6.07, 6.45) is 3.51. The summed E-state index contributed by atoms with van der Waals surface area (Å²) in [7, 11) is 0. The van der Waals surface area contributed by atoms with E-state index in [0.29, 0.717) is 11.1 Å². The van der Waals surface area contributed by atoms with Crippen molar-refractivity contribution in [1.29, 1.82) is 0 Å². The molecule has 2 saturated heterocycles. The van der Waals surface area contributed by atoms with E-state index in [1.165, 1.54) is 6.42 Å². The lowest BCUT2D eigenvalue weighted by molar-refractivity contribution is 0.0602. The van der Waals surface area contributed by atoms with Gasteiger partial charge in [-0.15, -0.1) is 0 Å². The van der Waals surface area contributed by atoms with Gasteiger partial charge < -0.3 is 10.2 Å². The fourth-order valence-corrected chi connectivity index (χ4v) is 3.23. The number of aromatic nitrogens is 1. The van der Waals surface area contributed by atoms with Crippen LogP contribution in [0.4, 0.5) is 0 Å². The normalized spacial score (nSPS) is 21.8. The molecule has 1 N–H and O–H groups in total. The van der Waals surface area contributed by atoms with Crippen molar-refractivity contribution in [3.63, 3.8) is 0 Å². The van der Waals surface area contributed by atoms with Crippen LogP contribution in [0.15, 0.2) is 18.2 Å². The summed E-state index contributed by atoms with van der Waals surface area (Å²) >= 11 is 0. The molecule has 4 nitrogen and oxygen atoms in total. The molecule has 1 amide bonds. The number of nitrogens with one attached hydrogen (secondary N) is 1. The van der Waals surface area contributed by atoms with Crippen molar-refractivity contribution in [2.75, 3.05) is 26.2 Å². The standard InChI is InChI=1S/C15H21N3O/c1-12-3-2-4-13(17-12)14(19)18-9-6-15(7-10-18)5-8-16-11-15/h2-4,16H,5-11H2,1H3. The van der Waals surface area contributed by atoms with E-state index < -0.39 is 0 Å². The van der Waals surface area contributed by atoms with E-state index in [1.54, 1.807) is 0 Å². The highest BCUT2D eigenvalue weighted by Crippen LogP contribution is 2.37. The maximum Gasteiger partial charge on any atom is 0.272 e. The minimum absolute atomic E-state index is 0.0875. The molecule has 1 aromatic heterocycles. The van der Waals surface area contributed by atoms with Gasteiger partial charge in [-0.25, -0.2) is 4.98 Å². The zero-order chi connectivity index (χ0) is 13.3. The highest BCUT2D eigenvalue weighted by molar-refractivity contribution is 5.92. The molecule has 0 aliphatic carbocycles. The van der Waals surface area contributed by atoms with Crippen molar-refractivity contribution in [3.8, 4) is 0 Å². The van der Waals surface area contributed by atoms with E-state index in [9.17, 15) is 4.79 Å². The summed E-state index contributed by atoms with van der Waals surface area (Å²) in [6, 6.07) is 5.64. The predicted molar refractivity (Wildman–Crippen MR) is 74.0 cm³/mol. The second-order valence-electron chi connectivity index (χ2n) is 5.88. The number of piperidine rings is 1. The first kappa shape index (κ1) is 12.6. The minimum Gasteiger partial charge on any atom is -0.337 e. The van der Waals surface area contributed by atoms with Crippen molar-refractivity contribution < 1.29 is 4.79 Å². The Balaban J connectivity index is 1.66. The molecule has 2 aliphatic rings. The van der Waals surface area contributed by atoms with Crippen molar-refractivity contribution in [3.05, 3.63) is 29.6 Å². The Hall–Kier alpha value is -1.42. The lowest BCUT2D eigenvalue weighted by atomic mass is 9.78. The molecule has 0 atom stereocenters. The van der Waals surface area contributed by atoms with Crippen LogP contribution in [0.5, 0.6) is 0 Å². The summed E-state index contributed by atoms with van der Waals surface area (Å²) in [5.74, 6) is 0.0875. The first-order valence-corrected chi connectivity index (χ1v) is 7.12. The van der Waals surface area contributed by atoms with Gasteiger partial charge in [0, 0.05) is 25.3 Å². The number of pyridine rings is 1. The molecule has 4 heteroatoms. The zero-order valence-electron chi connectivity index (χ0n) is 11.5. The first-order chi connectivity index (χ1) is 9.19. The zero-order valence-corrected chi connectivity index (χ0v) is 11.5. The average Bonchev–Trinajstić information content (AvgIpc) is 2.87. The molecule has 0 aromatic carbocycles. The lowest BCUT2D eigenvalue weighted by Gasteiger charge is -2.38. The maximum atomic E-state index is 12.4. The number of aryl methyl sites for hydroxylation is 1. The lowest BCUT2D eigenvalue weighted by Crippen LogP contribution is -2.44. The van der Waals surface area contributed by atoms with Gasteiger partial charge in [0.2, 0.25) is 0 Å². The van der Waals surface area contributed by atoms with E-state index in [1.807, 2.05) is 30.0 Å². The van der Waals surface area contributed by atoms with Gasteiger partial charge in [-0.05, 0) is 50.3 Å². The number of carbonyl (C=O) groups excluding carboxylic acids is 1. The van der Waals surface area contributed by atoms with Gasteiger partial charge >= 0.3 is 0 Å². The highest BCUT2D eigenvalue weighted by Gasteiger charge is 2.38. The van der Waals surface area contributed by atoms with Gasteiger partial charge in [0.15, 0.2) is 0 Å². The molecule has 0 radical (unpaired) electrons. The Morgan fingerprint density at radius 1 is 1.32 bits per heavy atom. The fraction of sp³-hybridized carbons (Fsp3) is 0.600.